The lowest BCUT2D eigenvalue weighted by atomic mass is 9.96. The average molecular weight is 504 g/mol. The number of carbonyl (C=O) groups excluding carboxylic acids is 1. The summed E-state index contributed by atoms with van der Waals surface area (Å²) in [6.45, 7) is 2.82. The Morgan fingerprint density at radius 2 is 1.56 bits per heavy atom. The van der Waals surface area contributed by atoms with Gasteiger partial charge in [-0.05, 0) is 72.4 Å². The van der Waals surface area contributed by atoms with Crippen molar-refractivity contribution in [2.75, 3.05) is 11.9 Å². The number of nitrogens with zero attached hydrogens (tertiary/aromatic N) is 1. The third-order valence-corrected chi connectivity index (χ3v) is 8.72. The van der Waals surface area contributed by atoms with Crippen LogP contribution in [0.25, 0.3) is 0 Å². The summed E-state index contributed by atoms with van der Waals surface area (Å²) < 4.78 is 28.2. The molecule has 3 aromatic rings. The average Bonchev–Trinajstić information content (AvgIpc) is 2.90. The first-order valence-electron chi connectivity index (χ1n) is 12.8. The van der Waals surface area contributed by atoms with Gasteiger partial charge >= 0.3 is 0 Å². The first-order chi connectivity index (χ1) is 17.5. The predicted octanol–water partition coefficient (Wildman–Crippen LogP) is 5.11. The van der Waals surface area contributed by atoms with E-state index in [1.54, 1.807) is 24.3 Å². The van der Waals surface area contributed by atoms with Crippen molar-refractivity contribution in [3.63, 3.8) is 0 Å². The highest BCUT2D eigenvalue weighted by atomic mass is 32.2. The molecular formula is C29H33N3O3S. The highest BCUT2D eigenvalue weighted by molar-refractivity contribution is 7.89. The molecule has 1 saturated carbocycles. The molecule has 0 atom stereocenters. The van der Waals surface area contributed by atoms with Crippen molar-refractivity contribution in [3.05, 3.63) is 95.1 Å². The van der Waals surface area contributed by atoms with Gasteiger partial charge in [0.05, 0.1) is 4.90 Å². The Hall–Kier alpha value is -3.00. The zero-order valence-electron chi connectivity index (χ0n) is 20.4. The van der Waals surface area contributed by atoms with Crippen molar-refractivity contribution < 1.29 is 13.2 Å². The van der Waals surface area contributed by atoms with Crippen molar-refractivity contribution in [1.29, 1.82) is 0 Å². The van der Waals surface area contributed by atoms with Gasteiger partial charge in [-0.1, -0.05) is 55.7 Å². The number of hydrogen-bond acceptors (Lipinski definition) is 4. The Morgan fingerprint density at radius 1 is 0.861 bits per heavy atom. The SMILES string of the molecule is O=C(Nc1ccc(S(=O)(=O)NC2CCCCC2)cc1)c1ccc(CN2CCc3ccccc3C2)cc1. The summed E-state index contributed by atoms with van der Waals surface area (Å²) in [5, 5.41) is 2.87. The number of hydrogen-bond donors (Lipinski definition) is 2. The lowest BCUT2D eigenvalue weighted by molar-refractivity contribution is 0.102. The number of anilines is 1. The smallest absolute Gasteiger partial charge is 0.255 e. The van der Waals surface area contributed by atoms with E-state index in [0.717, 1.165) is 51.7 Å². The molecule has 3 aromatic carbocycles. The molecule has 0 unspecified atom stereocenters. The van der Waals surface area contributed by atoms with Gasteiger partial charge in [0, 0.05) is 36.9 Å². The minimum absolute atomic E-state index is 0.0109. The quantitative estimate of drug-likeness (QED) is 0.470. The second kappa shape index (κ2) is 10.9. The normalized spacial score (nSPS) is 16.9. The van der Waals surface area contributed by atoms with Crippen molar-refractivity contribution in [1.82, 2.24) is 9.62 Å². The molecule has 1 heterocycles. The maximum atomic E-state index is 12.7. The molecular weight excluding hydrogens is 470 g/mol. The topological polar surface area (TPSA) is 78.5 Å². The first-order valence-corrected chi connectivity index (χ1v) is 14.3. The third kappa shape index (κ3) is 6.03. The molecule has 1 amide bonds. The molecule has 6 nitrogen and oxygen atoms in total. The summed E-state index contributed by atoms with van der Waals surface area (Å²) in [4.78, 5) is 15.4. The Bertz CT molecular complexity index is 1300. The van der Waals surface area contributed by atoms with E-state index >= 15 is 0 Å². The van der Waals surface area contributed by atoms with E-state index in [1.165, 1.54) is 23.1 Å². The maximum absolute atomic E-state index is 12.7. The van der Waals surface area contributed by atoms with Gasteiger partial charge < -0.3 is 5.32 Å². The number of fused-ring (bicyclic) bond motifs is 1. The van der Waals surface area contributed by atoms with Gasteiger partial charge in [-0.15, -0.1) is 0 Å². The zero-order chi connectivity index (χ0) is 25.0. The van der Waals surface area contributed by atoms with Crippen LogP contribution in [-0.4, -0.2) is 31.8 Å². The molecule has 36 heavy (non-hydrogen) atoms. The maximum Gasteiger partial charge on any atom is 0.255 e. The summed E-state index contributed by atoms with van der Waals surface area (Å²) in [6, 6.07) is 22.7. The third-order valence-electron chi connectivity index (χ3n) is 7.18. The van der Waals surface area contributed by atoms with Crippen LogP contribution < -0.4 is 10.0 Å². The molecule has 1 aliphatic heterocycles. The van der Waals surface area contributed by atoms with E-state index in [2.05, 4.69) is 39.2 Å². The Morgan fingerprint density at radius 3 is 2.28 bits per heavy atom. The van der Waals surface area contributed by atoms with Crippen molar-refractivity contribution in [3.8, 4) is 0 Å². The zero-order valence-corrected chi connectivity index (χ0v) is 21.3. The molecule has 7 heteroatoms. The monoisotopic (exact) mass is 503 g/mol. The van der Waals surface area contributed by atoms with E-state index in [9.17, 15) is 13.2 Å². The fourth-order valence-electron chi connectivity index (χ4n) is 5.14. The number of sulfonamides is 1. The summed E-state index contributed by atoms with van der Waals surface area (Å²) in [7, 11) is -3.56. The lowest BCUT2D eigenvalue weighted by Gasteiger charge is -2.28. The number of amides is 1. The van der Waals surface area contributed by atoms with Crippen LogP contribution in [0.15, 0.2) is 77.7 Å². The highest BCUT2D eigenvalue weighted by Gasteiger charge is 2.22. The highest BCUT2D eigenvalue weighted by Crippen LogP contribution is 2.22. The van der Waals surface area contributed by atoms with Gasteiger partial charge in [0.15, 0.2) is 0 Å². The molecule has 2 aliphatic rings. The van der Waals surface area contributed by atoms with Crippen LogP contribution in [0, 0.1) is 0 Å². The molecule has 1 aliphatic carbocycles. The van der Waals surface area contributed by atoms with Crippen LogP contribution >= 0.6 is 0 Å². The van der Waals surface area contributed by atoms with E-state index in [-0.39, 0.29) is 16.8 Å². The molecule has 0 aromatic heterocycles. The molecule has 188 valence electrons. The summed E-state index contributed by atoms with van der Waals surface area (Å²) in [5.41, 5.74) is 5.13. The van der Waals surface area contributed by atoms with Gasteiger partial charge in [-0.25, -0.2) is 13.1 Å². The lowest BCUT2D eigenvalue weighted by Crippen LogP contribution is -2.36. The second-order valence-electron chi connectivity index (χ2n) is 9.86. The molecule has 1 fully saturated rings. The number of rotatable bonds is 7. The van der Waals surface area contributed by atoms with Crippen LogP contribution in [0.5, 0.6) is 0 Å². The van der Waals surface area contributed by atoms with Crippen LogP contribution in [0.4, 0.5) is 5.69 Å². The Balaban J connectivity index is 1.16. The van der Waals surface area contributed by atoms with E-state index in [1.807, 2.05) is 24.3 Å². The molecule has 0 bridgehead atoms. The van der Waals surface area contributed by atoms with Crippen LogP contribution in [0.1, 0.15) is 59.2 Å². The van der Waals surface area contributed by atoms with Gasteiger partial charge in [0.1, 0.15) is 0 Å². The number of carbonyl (C=O) groups is 1. The minimum Gasteiger partial charge on any atom is -0.322 e. The van der Waals surface area contributed by atoms with E-state index in [0.29, 0.717) is 11.3 Å². The van der Waals surface area contributed by atoms with Crippen molar-refractivity contribution in [2.24, 2.45) is 0 Å². The van der Waals surface area contributed by atoms with Crippen molar-refractivity contribution in [2.45, 2.75) is 62.6 Å². The fraction of sp³-hybridized carbons (Fsp3) is 0.345. The molecule has 2 N–H and O–H groups in total. The minimum atomic E-state index is -3.56. The van der Waals surface area contributed by atoms with Crippen molar-refractivity contribution >= 4 is 21.6 Å². The van der Waals surface area contributed by atoms with Crippen LogP contribution in [-0.2, 0) is 29.5 Å². The van der Waals surface area contributed by atoms with Gasteiger partial charge in [0.2, 0.25) is 10.0 Å². The molecule has 0 saturated heterocycles. The Kier molecular flexibility index (Phi) is 7.51. The fourth-order valence-corrected chi connectivity index (χ4v) is 6.44. The largest absolute Gasteiger partial charge is 0.322 e. The standard InChI is InChI=1S/C29H33N3O3S/c33-29(30-26-14-16-28(17-15-26)36(34,35)31-27-8-2-1-3-9-27)24-12-10-22(11-13-24)20-32-19-18-23-6-4-5-7-25(23)21-32/h4-7,10-17,27,31H,1-3,8-9,18-21H2,(H,30,33). The van der Waals surface area contributed by atoms with E-state index in [4.69, 9.17) is 0 Å². The van der Waals surface area contributed by atoms with Gasteiger partial charge in [-0.3, -0.25) is 9.69 Å². The summed E-state index contributed by atoms with van der Waals surface area (Å²) in [6.07, 6.45) is 6.13. The molecule has 5 rings (SSSR count). The predicted molar refractivity (Wildman–Crippen MR) is 142 cm³/mol. The number of nitrogens with one attached hydrogen (secondary N) is 2. The van der Waals surface area contributed by atoms with Crippen LogP contribution in [0.2, 0.25) is 0 Å². The second-order valence-corrected chi connectivity index (χ2v) is 11.6. The van der Waals surface area contributed by atoms with Gasteiger partial charge in [-0.2, -0.15) is 0 Å². The van der Waals surface area contributed by atoms with Gasteiger partial charge in [0.25, 0.3) is 5.91 Å². The van der Waals surface area contributed by atoms with E-state index < -0.39 is 10.0 Å². The van der Waals surface area contributed by atoms with Crippen LogP contribution in [0.3, 0.4) is 0 Å². The summed E-state index contributed by atoms with van der Waals surface area (Å²) in [5.74, 6) is -0.218. The molecule has 0 radical (unpaired) electrons. The Labute approximate surface area is 213 Å². The number of benzene rings is 3. The molecule has 0 spiro atoms. The first kappa shape index (κ1) is 24.7. The summed E-state index contributed by atoms with van der Waals surface area (Å²) >= 11 is 0.